The number of aromatic nitrogens is 5. The van der Waals surface area contributed by atoms with Crippen LogP contribution in [0.15, 0.2) is 30.7 Å². The van der Waals surface area contributed by atoms with E-state index in [9.17, 15) is 10.1 Å². The van der Waals surface area contributed by atoms with Crippen LogP contribution in [-0.2, 0) is 9.47 Å². The van der Waals surface area contributed by atoms with Crippen LogP contribution in [0.25, 0.3) is 5.69 Å². The standard InChI is InChI=1S/C27H34FN9O4/c1-16(33-26(38)41-27(2,3)4)22(17-6-7-17)35-24-20(28)12-18(14-29)23(36-24)34-19-13-21(37-31-8-9-32-37)25(30-15-19)40-11-10-39-5/h8-9,12-13,15-17,22H,6-7,10-11H2,1-5H3,(H,33,38)(H2,34,35,36)/t16-,22-/m0/s1. The minimum Gasteiger partial charge on any atom is -0.474 e. The molecule has 14 heteroatoms. The summed E-state index contributed by atoms with van der Waals surface area (Å²) in [5.41, 5.74) is 0.224. The van der Waals surface area contributed by atoms with Crippen LogP contribution in [0.5, 0.6) is 5.88 Å². The van der Waals surface area contributed by atoms with Crippen molar-refractivity contribution in [3.8, 4) is 17.6 Å². The number of hydrogen-bond acceptors (Lipinski definition) is 11. The Balaban J connectivity index is 1.57. The minimum absolute atomic E-state index is 0.00450. The van der Waals surface area contributed by atoms with Crippen molar-refractivity contribution < 1.29 is 23.4 Å². The van der Waals surface area contributed by atoms with Crippen LogP contribution in [0.3, 0.4) is 0 Å². The monoisotopic (exact) mass is 567 g/mol. The third kappa shape index (κ3) is 8.01. The first kappa shape index (κ1) is 29.5. The Labute approximate surface area is 237 Å². The summed E-state index contributed by atoms with van der Waals surface area (Å²) in [5.74, 6) is -0.135. The van der Waals surface area contributed by atoms with Crippen molar-refractivity contribution in [3.63, 3.8) is 0 Å². The number of pyridine rings is 2. The fourth-order valence-corrected chi connectivity index (χ4v) is 4.08. The fourth-order valence-electron chi connectivity index (χ4n) is 4.08. The lowest BCUT2D eigenvalue weighted by atomic mass is 10.0. The Kier molecular flexibility index (Phi) is 9.18. The van der Waals surface area contributed by atoms with E-state index < -0.39 is 17.5 Å². The van der Waals surface area contributed by atoms with E-state index in [1.54, 1.807) is 33.9 Å². The fraction of sp³-hybridized carbons (Fsp3) is 0.481. The van der Waals surface area contributed by atoms with E-state index >= 15 is 4.39 Å². The number of anilines is 3. The van der Waals surface area contributed by atoms with E-state index in [1.807, 2.05) is 13.0 Å². The molecule has 3 N–H and O–H groups in total. The molecular weight excluding hydrogens is 533 g/mol. The molecule has 3 heterocycles. The maximum atomic E-state index is 15.1. The molecule has 2 atom stereocenters. The topological polar surface area (TPSA) is 161 Å². The van der Waals surface area contributed by atoms with Crippen LogP contribution in [0.2, 0.25) is 0 Å². The summed E-state index contributed by atoms with van der Waals surface area (Å²) in [4.78, 5) is 22.5. The van der Waals surface area contributed by atoms with E-state index in [-0.39, 0.29) is 47.7 Å². The summed E-state index contributed by atoms with van der Waals surface area (Å²) >= 11 is 0. The van der Waals surface area contributed by atoms with Crippen LogP contribution in [0.1, 0.15) is 46.1 Å². The number of alkyl carbamates (subject to hydrolysis) is 1. The van der Waals surface area contributed by atoms with Gasteiger partial charge in [0.05, 0.1) is 42.5 Å². The molecule has 4 rings (SSSR count). The molecule has 1 saturated carbocycles. The van der Waals surface area contributed by atoms with E-state index in [1.165, 1.54) is 23.4 Å². The zero-order chi connectivity index (χ0) is 29.6. The van der Waals surface area contributed by atoms with Gasteiger partial charge in [0.15, 0.2) is 17.5 Å². The predicted octanol–water partition coefficient (Wildman–Crippen LogP) is 3.94. The Morgan fingerprint density at radius 3 is 2.59 bits per heavy atom. The van der Waals surface area contributed by atoms with Crippen molar-refractivity contribution in [2.45, 2.75) is 58.2 Å². The average molecular weight is 568 g/mol. The molecule has 0 aliphatic heterocycles. The second kappa shape index (κ2) is 12.8. The predicted molar refractivity (Wildman–Crippen MR) is 148 cm³/mol. The summed E-state index contributed by atoms with van der Waals surface area (Å²) in [6, 6.07) is 4.06. The number of carbonyl (C=O) groups is 1. The highest BCUT2D eigenvalue weighted by Crippen LogP contribution is 2.36. The summed E-state index contributed by atoms with van der Waals surface area (Å²) in [6.07, 6.45) is 5.82. The van der Waals surface area contributed by atoms with Crippen molar-refractivity contribution in [2.24, 2.45) is 5.92 Å². The molecule has 1 aliphatic rings. The average Bonchev–Trinajstić information content (AvgIpc) is 3.60. The van der Waals surface area contributed by atoms with Crippen molar-refractivity contribution in [1.82, 2.24) is 30.3 Å². The molecule has 0 saturated heterocycles. The van der Waals surface area contributed by atoms with Gasteiger partial charge in [0.1, 0.15) is 24.0 Å². The van der Waals surface area contributed by atoms with Gasteiger partial charge in [-0.2, -0.15) is 15.5 Å². The normalized spacial score (nSPS) is 14.5. The molecule has 1 fully saturated rings. The van der Waals surface area contributed by atoms with Gasteiger partial charge in [0.25, 0.3) is 0 Å². The van der Waals surface area contributed by atoms with Crippen LogP contribution < -0.4 is 20.7 Å². The van der Waals surface area contributed by atoms with Crippen molar-refractivity contribution in [3.05, 3.63) is 42.1 Å². The molecule has 0 bridgehead atoms. The van der Waals surface area contributed by atoms with Crippen LogP contribution >= 0.6 is 0 Å². The highest BCUT2D eigenvalue weighted by molar-refractivity contribution is 5.69. The Bertz CT molecular complexity index is 1380. The Morgan fingerprint density at radius 2 is 1.95 bits per heavy atom. The zero-order valence-corrected chi connectivity index (χ0v) is 23.6. The number of nitrogens with zero attached hydrogens (tertiary/aromatic N) is 6. The number of nitriles is 1. The lowest BCUT2D eigenvalue weighted by molar-refractivity contribution is 0.0501. The second-order valence-corrected chi connectivity index (χ2v) is 10.6. The number of rotatable bonds is 12. The number of methoxy groups -OCH3 is 1. The first-order valence-electron chi connectivity index (χ1n) is 13.2. The quantitative estimate of drug-likeness (QED) is 0.272. The third-order valence-corrected chi connectivity index (χ3v) is 6.07. The molecule has 0 radical (unpaired) electrons. The third-order valence-electron chi connectivity index (χ3n) is 6.07. The molecule has 0 unspecified atom stereocenters. The van der Waals surface area contributed by atoms with Crippen LogP contribution in [0, 0.1) is 23.1 Å². The first-order chi connectivity index (χ1) is 19.6. The summed E-state index contributed by atoms with van der Waals surface area (Å²) in [7, 11) is 1.57. The first-order valence-corrected chi connectivity index (χ1v) is 13.2. The number of nitrogens with one attached hydrogen (secondary N) is 3. The molecule has 1 amide bonds. The highest BCUT2D eigenvalue weighted by atomic mass is 19.1. The smallest absolute Gasteiger partial charge is 0.407 e. The molecule has 0 spiro atoms. The van der Waals surface area contributed by atoms with Crippen molar-refractivity contribution >= 4 is 23.4 Å². The number of carbonyl (C=O) groups excluding carboxylic acids is 1. The van der Waals surface area contributed by atoms with Gasteiger partial charge < -0.3 is 30.2 Å². The Hall–Kier alpha value is -4.51. The zero-order valence-electron chi connectivity index (χ0n) is 23.6. The minimum atomic E-state index is -0.691. The highest BCUT2D eigenvalue weighted by Gasteiger charge is 2.37. The van der Waals surface area contributed by atoms with Gasteiger partial charge in [-0.25, -0.2) is 19.2 Å². The van der Waals surface area contributed by atoms with Gasteiger partial charge >= 0.3 is 6.09 Å². The Morgan fingerprint density at radius 1 is 1.22 bits per heavy atom. The van der Waals surface area contributed by atoms with Gasteiger partial charge in [-0.15, -0.1) is 4.80 Å². The lowest BCUT2D eigenvalue weighted by Crippen LogP contribution is -2.47. The van der Waals surface area contributed by atoms with E-state index in [0.717, 1.165) is 18.9 Å². The molecule has 3 aromatic heterocycles. The van der Waals surface area contributed by atoms with Gasteiger partial charge in [0.2, 0.25) is 5.88 Å². The van der Waals surface area contributed by atoms with Gasteiger partial charge in [-0.05, 0) is 58.6 Å². The maximum absolute atomic E-state index is 15.1. The number of hydrogen-bond donors (Lipinski definition) is 3. The second-order valence-electron chi connectivity index (χ2n) is 10.6. The largest absolute Gasteiger partial charge is 0.474 e. The number of amides is 1. The summed E-state index contributed by atoms with van der Waals surface area (Å²) in [6.45, 7) is 7.80. The van der Waals surface area contributed by atoms with Crippen molar-refractivity contribution in [1.29, 1.82) is 5.26 Å². The SMILES string of the molecule is COCCOc1ncc(Nc2nc(N[C@H](C3CC3)[C@H](C)NC(=O)OC(C)(C)C)c(F)cc2C#N)cc1-n1nccn1. The summed E-state index contributed by atoms with van der Waals surface area (Å²) in [5, 5.41) is 27.0. The number of halogens is 1. The van der Waals surface area contributed by atoms with Gasteiger partial charge in [-0.1, -0.05) is 0 Å². The summed E-state index contributed by atoms with van der Waals surface area (Å²) < 4.78 is 31.2. The molecule has 41 heavy (non-hydrogen) atoms. The van der Waals surface area contributed by atoms with Gasteiger partial charge in [0, 0.05) is 13.2 Å². The van der Waals surface area contributed by atoms with Gasteiger partial charge in [-0.3, -0.25) is 0 Å². The molecule has 0 aromatic carbocycles. The maximum Gasteiger partial charge on any atom is 0.407 e. The van der Waals surface area contributed by atoms with Crippen molar-refractivity contribution in [2.75, 3.05) is 31.0 Å². The molecular formula is C27H34FN9O4. The van der Waals surface area contributed by atoms with Crippen LogP contribution in [-0.4, -0.2) is 69.1 Å². The van der Waals surface area contributed by atoms with E-state index in [4.69, 9.17) is 14.2 Å². The molecule has 13 nitrogen and oxygen atoms in total. The van der Waals surface area contributed by atoms with Crippen LogP contribution in [0.4, 0.5) is 26.5 Å². The van der Waals surface area contributed by atoms with E-state index in [0.29, 0.717) is 18.0 Å². The lowest BCUT2D eigenvalue weighted by Gasteiger charge is -2.28. The number of ether oxygens (including phenoxy) is 3. The molecule has 3 aromatic rings. The molecule has 1 aliphatic carbocycles. The molecule has 218 valence electrons. The van der Waals surface area contributed by atoms with E-state index in [2.05, 4.69) is 36.1 Å².